The second-order valence-corrected chi connectivity index (χ2v) is 9.09. The van der Waals surface area contributed by atoms with Gasteiger partial charge < -0.3 is 4.74 Å². The van der Waals surface area contributed by atoms with E-state index in [1.165, 1.54) is 35.1 Å². The van der Waals surface area contributed by atoms with E-state index in [9.17, 15) is 19.2 Å². The number of nitrogens with one attached hydrogen (secondary N) is 2. The van der Waals surface area contributed by atoms with Crippen LogP contribution in [0, 0.1) is 5.92 Å². The lowest BCUT2D eigenvalue weighted by Gasteiger charge is -2.15. The van der Waals surface area contributed by atoms with E-state index in [1.807, 2.05) is 13.8 Å². The first kappa shape index (κ1) is 23.5. The molecule has 3 rings (SSSR count). The highest BCUT2D eigenvalue weighted by Gasteiger charge is 2.16. The van der Waals surface area contributed by atoms with Crippen molar-refractivity contribution in [3.63, 3.8) is 0 Å². The summed E-state index contributed by atoms with van der Waals surface area (Å²) in [4.78, 5) is 54.1. The monoisotopic (exact) mass is 474 g/mol. The Kier molecular flexibility index (Phi) is 7.65. The first-order valence-corrected chi connectivity index (χ1v) is 11.5. The third-order valence-electron chi connectivity index (χ3n) is 4.28. The number of aromatic nitrogens is 2. The Bertz CT molecular complexity index is 1200. The number of esters is 1. The smallest absolute Gasteiger partial charge is 0.337 e. The van der Waals surface area contributed by atoms with Crippen LogP contribution in [0.2, 0.25) is 0 Å². The number of hydrogen-bond acceptors (Lipinski definition) is 8. The van der Waals surface area contributed by atoms with Gasteiger partial charge in [-0.3, -0.25) is 29.8 Å². The zero-order valence-electron chi connectivity index (χ0n) is 17.7. The van der Waals surface area contributed by atoms with E-state index in [2.05, 4.69) is 15.8 Å². The minimum absolute atomic E-state index is 0.0720. The van der Waals surface area contributed by atoms with Gasteiger partial charge in [0.2, 0.25) is 5.91 Å². The molecule has 2 amide bonds. The van der Waals surface area contributed by atoms with Gasteiger partial charge in [0.1, 0.15) is 0 Å². The van der Waals surface area contributed by atoms with E-state index in [-0.39, 0.29) is 22.8 Å². The van der Waals surface area contributed by atoms with Crippen molar-refractivity contribution in [3.05, 3.63) is 56.5 Å². The molecule has 2 heterocycles. The number of methoxy groups -OCH3 is 1. The Morgan fingerprint density at radius 2 is 2.00 bits per heavy atom. The minimum atomic E-state index is -0.532. The number of ether oxygens (including phenoxy) is 1. The van der Waals surface area contributed by atoms with Gasteiger partial charge in [0, 0.05) is 6.54 Å². The minimum Gasteiger partial charge on any atom is -0.465 e. The Balaban J connectivity index is 1.81. The largest absolute Gasteiger partial charge is 0.465 e. The number of benzene rings is 1. The Morgan fingerprint density at radius 3 is 2.66 bits per heavy atom. The molecule has 0 radical (unpaired) electrons. The van der Waals surface area contributed by atoms with Crippen LogP contribution < -0.4 is 16.4 Å². The number of nitrogens with zero attached hydrogens (tertiary/aromatic N) is 2. The van der Waals surface area contributed by atoms with E-state index in [0.29, 0.717) is 27.5 Å². The Morgan fingerprint density at radius 1 is 1.22 bits per heavy atom. The summed E-state index contributed by atoms with van der Waals surface area (Å²) in [6.07, 6.45) is 0. The first-order chi connectivity index (χ1) is 15.3. The zero-order chi connectivity index (χ0) is 23.3. The van der Waals surface area contributed by atoms with Gasteiger partial charge >= 0.3 is 5.97 Å². The van der Waals surface area contributed by atoms with Crippen molar-refractivity contribution in [2.24, 2.45) is 5.92 Å². The number of fused-ring (bicyclic) bond motifs is 1. The molecule has 0 saturated heterocycles. The average molecular weight is 475 g/mol. The van der Waals surface area contributed by atoms with Crippen LogP contribution in [-0.4, -0.2) is 40.2 Å². The molecule has 0 spiro atoms. The maximum atomic E-state index is 13.1. The summed E-state index contributed by atoms with van der Waals surface area (Å²) in [6, 6.07) is 7.95. The molecule has 1 aromatic carbocycles. The second-order valence-electron chi connectivity index (χ2n) is 7.20. The fourth-order valence-electron chi connectivity index (χ4n) is 2.84. The van der Waals surface area contributed by atoms with Gasteiger partial charge in [0.05, 0.1) is 34.2 Å². The number of amides is 2. The van der Waals surface area contributed by atoms with Crippen LogP contribution in [0.25, 0.3) is 10.9 Å². The van der Waals surface area contributed by atoms with E-state index in [4.69, 9.17) is 4.74 Å². The lowest BCUT2D eigenvalue weighted by molar-refractivity contribution is -0.119. The predicted octanol–water partition coefficient (Wildman–Crippen LogP) is 2.45. The molecule has 11 heteroatoms. The van der Waals surface area contributed by atoms with Crippen LogP contribution in [0.3, 0.4) is 0 Å². The highest BCUT2D eigenvalue weighted by Crippen LogP contribution is 2.20. The lowest BCUT2D eigenvalue weighted by atomic mass is 10.1. The van der Waals surface area contributed by atoms with Crippen LogP contribution >= 0.6 is 23.1 Å². The normalized spacial score (nSPS) is 10.9. The van der Waals surface area contributed by atoms with Crippen molar-refractivity contribution in [2.75, 3.05) is 12.9 Å². The quantitative estimate of drug-likeness (QED) is 0.234. The van der Waals surface area contributed by atoms with Crippen molar-refractivity contribution in [3.8, 4) is 0 Å². The highest BCUT2D eigenvalue weighted by molar-refractivity contribution is 7.99. The first-order valence-electron chi connectivity index (χ1n) is 9.68. The number of hydrogen-bond donors (Lipinski definition) is 2. The molecule has 0 bridgehead atoms. The van der Waals surface area contributed by atoms with Crippen molar-refractivity contribution < 1.29 is 19.1 Å². The number of carbonyl (C=O) groups is 3. The van der Waals surface area contributed by atoms with Crippen molar-refractivity contribution in [2.45, 2.75) is 25.5 Å². The van der Waals surface area contributed by atoms with Gasteiger partial charge in [0.25, 0.3) is 11.5 Å². The van der Waals surface area contributed by atoms with E-state index in [0.717, 1.165) is 11.8 Å². The van der Waals surface area contributed by atoms with Crippen molar-refractivity contribution in [1.82, 2.24) is 20.4 Å². The lowest BCUT2D eigenvalue weighted by Crippen LogP contribution is -2.42. The molecule has 0 fully saturated rings. The number of thioether (sulfide) groups is 1. The van der Waals surface area contributed by atoms with E-state index < -0.39 is 17.8 Å². The molecule has 3 aromatic rings. The molecule has 0 unspecified atom stereocenters. The fourth-order valence-corrected chi connectivity index (χ4v) is 4.27. The van der Waals surface area contributed by atoms with Crippen LogP contribution in [0.5, 0.6) is 0 Å². The van der Waals surface area contributed by atoms with Crippen LogP contribution in [0.15, 0.2) is 45.7 Å². The summed E-state index contributed by atoms with van der Waals surface area (Å²) < 4.78 is 6.25. The standard InChI is InChI=1S/C21H22N4O5S2/c1-12(2)10-25-19(28)14-7-6-13(20(29)30-3)9-15(14)22-21(25)32-11-17(26)23-24-18(27)16-5-4-8-31-16/h4-9,12H,10-11H2,1-3H3,(H,23,26)(H,24,27). The topological polar surface area (TPSA) is 119 Å². The third-order valence-corrected chi connectivity index (χ3v) is 6.13. The molecule has 0 aliphatic heterocycles. The molecule has 32 heavy (non-hydrogen) atoms. The third kappa shape index (κ3) is 5.54. The Labute approximate surface area is 192 Å². The van der Waals surface area contributed by atoms with Gasteiger partial charge in [-0.05, 0) is 35.6 Å². The molecular weight excluding hydrogens is 452 g/mol. The summed E-state index contributed by atoms with van der Waals surface area (Å²) in [5, 5.41) is 2.48. The summed E-state index contributed by atoms with van der Waals surface area (Å²) in [7, 11) is 1.28. The number of carbonyl (C=O) groups excluding carboxylic acids is 3. The van der Waals surface area contributed by atoms with Gasteiger partial charge in [-0.2, -0.15) is 0 Å². The Hall–Kier alpha value is -3.18. The zero-order valence-corrected chi connectivity index (χ0v) is 19.3. The molecule has 0 saturated carbocycles. The van der Waals surface area contributed by atoms with Gasteiger partial charge in [-0.25, -0.2) is 9.78 Å². The van der Waals surface area contributed by atoms with Crippen LogP contribution in [-0.2, 0) is 16.1 Å². The number of hydrazine groups is 1. The van der Waals surface area contributed by atoms with Crippen molar-refractivity contribution >= 4 is 51.8 Å². The van der Waals surface area contributed by atoms with Gasteiger partial charge in [-0.1, -0.05) is 31.7 Å². The van der Waals surface area contributed by atoms with E-state index in [1.54, 1.807) is 23.6 Å². The molecule has 168 valence electrons. The van der Waals surface area contributed by atoms with Gasteiger partial charge in [-0.15, -0.1) is 11.3 Å². The van der Waals surface area contributed by atoms with Crippen molar-refractivity contribution in [1.29, 1.82) is 0 Å². The van der Waals surface area contributed by atoms with E-state index >= 15 is 0 Å². The molecule has 2 aromatic heterocycles. The highest BCUT2D eigenvalue weighted by atomic mass is 32.2. The molecule has 2 N–H and O–H groups in total. The second kappa shape index (κ2) is 10.4. The van der Waals surface area contributed by atoms with Crippen LogP contribution in [0.1, 0.15) is 33.9 Å². The molecular formula is C21H22N4O5S2. The maximum Gasteiger partial charge on any atom is 0.337 e. The summed E-state index contributed by atoms with van der Waals surface area (Å²) in [5.41, 5.74) is 5.07. The number of rotatable bonds is 7. The van der Waals surface area contributed by atoms with Gasteiger partial charge in [0.15, 0.2) is 5.16 Å². The summed E-state index contributed by atoms with van der Waals surface area (Å²) in [5.74, 6) is -1.30. The van der Waals surface area contributed by atoms with Crippen LogP contribution in [0.4, 0.5) is 0 Å². The maximum absolute atomic E-state index is 13.1. The number of thiophene rings is 1. The SMILES string of the molecule is COC(=O)c1ccc2c(=O)n(CC(C)C)c(SCC(=O)NNC(=O)c3cccs3)nc2c1. The summed E-state index contributed by atoms with van der Waals surface area (Å²) in [6.45, 7) is 4.36. The molecule has 0 atom stereocenters. The predicted molar refractivity (Wildman–Crippen MR) is 123 cm³/mol. The molecule has 0 aliphatic rings. The average Bonchev–Trinajstić information content (AvgIpc) is 3.32. The summed E-state index contributed by atoms with van der Waals surface area (Å²) >= 11 is 2.33. The fraction of sp³-hybridized carbons (Fsp3) is 0.286. The molecule has 0 aliphatic carbocycles. The molecule has 9 nitrogen and oxygen atoms in total.